The molecule has 0 amide bonds. The molecule has 0 spiro atoms. The van der Waals surface area contributed by atoms with E-state index < -0.39 is 10.0 Å². The normalized spacial score (nSPS) is 11.3. The van der Waals surface area contributed by atoms with Crippen LogP contribution in [-0.4, -0.2) is 19.9 Å². The Bertz CT molecular complexity index is 706. The van der Waals surface area contributed by atoms with Gasteiger partial charge < -0.3 is 0 Å². The predicted octanol–water partition coefficient (Wildman–Crippen LogP) is 3.82. The summed E-state index contributed by atoms with van der Waals surface area (Å²) in [5.41, 5.74) is 0.546. The van der Waals surface area contributed by atoms with Crippen LogP contribution in [-0.2, 0) is 10.0 Å². The lowest BCUT2D eigenvalue weighted by molar-refractivity contribution is 0.591. The second-order valence-electron chi connectivity index (χ2n) is 3.96. The van der Waals surface area contributed by atoms with E-state index in [9.17, 15) is 8.42 Å². The van der Waals surface area contributed by atoms with Crippen molar-refractivity contribution in [1.82, 2.24) is 4.98 Å². The largest absolute Gasteiger partial charge is 0.265 e. The van der Waals surface area contributed by atoms with Gasteiger partial charge in [-0.25, -0.2) is 8.42 Å². The van der Waals surface area contributed by atoms with Gasteiger partial charge in [0.05, 0.1) is 11.9 Å². The van der Waals surface area contributed by atoms with Crippen molar-refractivity contribution < 1.29 is 8.42 Å². The molecule has 4 nitrogen and oxygen atoms in total. The summed E-state index contributed by atoms with van der Waals surface area (Å²) in [6.45, 7) is 2.12. The van der Waals surface area contributed by atoms with Crippen molar-refractivity contribution in [3.8, 4) is 0 Å². The maximum atomic E-state index is 12.7. The summed E-state index contributed by atoms with van der Waals surface area (Å²) in [6.07, 6.45) is 3.15. The molecule has 0 saturated heterocycles. The summed E-state index contributed by atoms with van der Waals surface area (Å²) in [7, 11) is -3.63. The van der Waals surface area contributed by atoms with Crippen molar-refractivity contribution in [2.45, 2.75) is 11.8 Å². The molecule has 0 aliphatic rings. The lowest BCUT2D eigenvalue weighted by Gasteiger charge is -2.23. The zero-order chi connectivity index (χ0) is 14.8. The highest BCUT2D eigenvalue weighted by atomic mass is 79.9. The van der Waals surface area contributed by atoms with Crippen molar-refractivity contribution in [3.63, 3.8) is 0 Å². The number of benzene rings is 1. The molecule has 0 aliphatic carbocycles. The lowest BCUT2D eigenvalue weighted by atomic mass is 10.4. The zero-order valence-corrected chi connectivity index (χ0v) is 14.6. The van der Waals surface area contributed by atoms with E-state index in [0.29, 0.717) is 16.7 Å². The van der Waals surface area contributed by atoms with Crippen LogP contribution < -0.4 is 4.31 Å². The lowest BCUT2D eigenvalue weighted by Crippen LogP contribution is -2.31. The first-order valence-corrected chi connectivity index (χ1v) is 8.87. The number of halogens is 2. The zero-order valence-electron chi connectivity index (χ0n) is 10.6. The van der Waals surface area contributed by atoms with Gasteiger partial charge in [0.25, 0.3) is 10.0 Å². The van der Waals surface area contributed by atoms with Gasteiger partial charge in [-0.2, -0.15) is 0 Å². The van der Waals surface area contributed by atoms with Crippen LogP contribution >= 0.6 is 31.9 Å². The van der Waals surface area contributed by atoms with Gasteiger partial charge in [0.1, 0.15) is 4.90 Å². The number of anilines is 1. The highest BCUT2D eigenvalue weighted by Crippen LogP contribution is 2.30. The molecule has 1 aromatic carbocycles. The van der Waals surface area contributed by atoms with Crippen LogP contribution in [0.15, 0.2) is 56.6 Å². The molecule has 0 fully saturated rings. The average molecular weight is 420 g/mol. The molecule has 7 heteroatoms. The molecule has 0 aliphatic heterocycles. The average Bonchev–Trinajstić information content (AvgIpc) is 2.40. The van der Waals surface area contributed by atoms with Gasteiger partial charge in [-0.05, 0) is 53.2 Å². The van der Waals surface area contributed by atoms with Gasteiger partial charge in [0.2, 0.25) is 0 Å². The Balaban J connectivity index is 2.53. The van der Waals surface area contributed by atoms with Gasteiger partial charge >= 0.3 is 0 Å². The fourth-order valence-corrected chi connectivity index (χ4v) is 4.96. The second kappa shape index (κ2) is 6.24. The molecule has 2 rings (SSSR count). The third kappa shape index (κ3) is 3.05. The summed E-state index contributed by atoms with van der Waals surface area (Å²) in [4.78, 5) is 4.20. The standard InChI is InChI=1S/C13H12Br2N2O2S/c1-2-17(11-4-3-7-16-9-11)20(18,19)13-6-5-10(14)8-12(13)15/h3-9H,2H2,1H3. The SMILES string of the molecule is CCN(c1cccnc1)S(=O)(=O)c1ccc(Br)cc1Br. The fourth-order valence-electron chi connectivity index (χ4n) is 1.80. The van der Waals surface area contributed by atoms with Gasteiger partial charge in [-0.1, -0.05) is 15.9 Å². The summed E-state index contributed by atoms with van der Waals surface area (Å²) in [6, 6.07) is 8.42. The van der Waals surface area contributed by atoms with E-state index in [-0.39, 0.29) is 4.90 Å². The van der Waals surface area contributed by atoms with E-state index in [4.69, 9.17) is 0 Å². The van der Waals surface area contributed by atoms with Crippen molar-refractivity contribution in [1.29, 1.82) is 0 Å². The van der Waals surface area contributed by atoms with E-state index in [1.54, 1.807) is 43.5 Å². The van der Waals surface area contributed by atoms with E-state index in [2.05, 4.69) is 36.8 Å². The van der Waals surface area contributed by atoms with Gasteiger partial charge in [0, 0.05) is 21.7 Å². The molecule has 0 N–H and O–H groups in total. The molecule has 20 heavy (non-hydrogen) atoms. The molecule has 0 unspecified atom stereocenters. The molecule has 106 valence electrons. The van der Waals surface area contributed by atoms with E-state index >= 15 is 0 Å². The Kier molecular flexibility index (Phi) is 4.82. The second-order valence-corrected chi connectivity index (χ2v) is 7.56. The molecular weight excluding hydrogens is 408 g/mol. The minimum atomic E-state index is -3.63. The summed E-state index contributed by atoms with van der Waals surface area (Å²) < 4.78 is 28.2. The number of sulfonamides is 1. The molecule has 0 saturated carbocycles. The molecule has 1 heterocycles. The number of hydrogen-bond acceptors (Lipinski definition) is 3. The number of pyridine rings is 1. The topological polar surface area (TPSA) is 50.3 Å². The van der Waals surface area contributed by atoms with Crippen LogP contribution in [0.2, 0.25) is 0 Å². The third-order valence-electron chi connectivity index (χ3n) is 2.68. The molecular formula is C13H12Br2N2O2S. The summed E-state index contributed by atoms with van der Waals surface area (Å²) in [5.74, 6) is 0. The van der Waals surface area contributed by atoms with Crippen molar-refractivity contribution in [3.05, 3.63) is 51.7 Å². The third-order valence-corrected chi connectivity index (χ3v) is 6.06. The Morgan fingerprint density at radius 3 is 2.55 bits per heavy atom. The number of aromatic nitrogens is 1. The number of rotatable bonds is 4. The van der Waals surface area contributed by atoms with E-state index in [0.717, 1.165) is 4.47 Å². The van der Waals surface area contributed by atoms with Crippen LogP contribution in [0.3, 0.4) is 0 Å². The molecule has 0 bridgehead atoms. The fraction of sp³-hybridized carbons (Fsp3) is 0.154. The van der Waals surface area contributed by atoms with E-state index in [1.807, 2.05) is 0 Å². The highest BCUT2D eigenvalue weighted by molar-refractivity contribution is 9.11. The quantitative estimate of drug-likeness (QED) is 0.756. The minimum Gasteiger partial charge on any atom is -0.265 e. The van der Waals surface area contributed by atoms with Crippen LogP contribution in [0.5, 0.6) is 0 Å². The smallest absolute Gasteiger partial charge is 0.265 e. The van der Waals surface area contributed by atoms with Crippen LogP contribution in [0.25, 0.3) is 0 Å². The summed E-state index contributed by atoms with van der Waals surface area (Å²) in [5, 5.41) is 0. The van der Waals surface area contributed by atoms with Gasteiger partial charge in [-0.3, -0.25) is 9.29 Å². The number of nitrogens with zero attached hydrogens (tertiary/aromatic N) is 2. The Morgan fingerprint density at radius 2 is 2.00 bits per heavy atom. The number of hydrogen-bond donors (Lipinski definition) is 0. The first-order chi connectivity index (χ1) is 9.46. The van der Waals surface area contributed by atoms with Crippen LogP contribution in [0.1, 0.15) is 6.92 Å². The monoisotopic (exact) mass is 418 g/mol. The molecule has 2 aromatic rings. The van der Waals surface area contributed by atoms with E-state index in [1.165, 1.54) is 10.5 Å². The predicted molar refractivity (Wildman–Crippen MR) is 86.3 cm³/mol. The first kappa shape index (κ1) is 15.5. The first-order valence-electron chi connectivity index (χ1n) is 5.84. The van der Waals surface area contributed by atoms with Crippen molar-refractivity contribution in [2.24, 2.45) is 0 Å². The van der Waals surface area contributed by atoms with Crippen molar-refractivity contribution in [2.75, 3.05) is 10.8 Å². The van der Waals surface area contributed by atoms with Crippen molar-refractivity contribution >= 4 is 47.6 Å². The molecule has 0 radical (unpaired) electrons. The minimum absolute atomic E-state index is 0.228. The maximum Gasteiger partial charge on any atom is 0.265 e. The van der Waals surface area contributed by atoms with Gasteiger partial charge in [0.15, 0.2) is 0 Å². The Morgan fingerprint density at radius 1 is 1.25 bits per heavy atom. The Hall–Kier alpha value is -0.920. The molecule has 1 aromatic heterocycles. The van der Waals surface area contributed by atoms with Crippen LogP contribution in [0.4, 0.5) is 5.69 Å². The molecule has 0 atom stereocenters. The highest BCUT2D eigenvalue weighted by Gasteiger charge is 2.25. The summed E-state index contributed by atoms with van der Waals surface area (Å²) >= 11 is 6.62. The Labute approximate surface area is 135 Å². The maximum absolute atomic E-state index is 12.7. The van der Waals surface area contributed by atoms with Crippen LogP contribution in [0, 0.1) is 0 Å². The van der Waals surface area contributed by atoms with Gasteiger partial charge in [-0.15, -0.1) is 0 Å².